The van der Waals surface area contributed by atoms with E-state index in [1.165, 1.54) is 25.1 Å². The number of hydrazone groups is 1. The molecule has 0 spiro atoms. The largest absolute Gasteiger partial charge is 0.292 e. The van der Waals surface area contributed by atoms with Gasteiger partial charge in [0, 0.05) is 19.1 Å². The summed E-state index contributed by atoms with van der Waals surface area (Å²) in [5.74, 6) is -0.389. The number of carbonyl (C=O) groups excluding carboxylic acids is 1. The molecule has 84 valence electrons. The van der Waals surface area contributed by atoms with Crippen LogP contribution in [-0.2, 0) is 4.79 Å². The van der Waals surface area contributed by atoms with E-state index in [2.05, 4.69) is 10.5 Å². The van der Waals surface area contributed by atoms with Crippen molar-refractivity contribution >= 4 is 33.9 Å². The maximum absolute atomic E-state index is 10.7. The summed E-state index contributed by atoms with van der Waals surface area (Å²) in [6.45, 7) is 1.26. The van der Waals surface area contributed by atoms with Gasteiger partial charge in [0.25, 0.3) is 5.69 Å². The first-order chi connectivity index (χ1) is 7.50. The van der Waals surface area contributed by atoms with Crippen molar-refractivity contribution < 1.29 is 9.72 Å². The number of hydrogen-bond donors (Lipinski definition) is 1. The minimum Gasteiger partial charge on any atom is -0.292 e. The summed E-state index contributed by atoms with van der Waals surface area (Å²) < 4.78 is 0. The SMILES string of the molecule is CC(=O)C(Cl)=NNc1cccc([N+](=O)[O-])c1. The molecule has 0 saturated carbocycles. The van der Waals surface area contributed by atoms with E-state index in [0.29, 0.717) is 5.69 Å². The van der Waals surface area contributed by atoms with Crippen LogP contribution in [0.25, 0.3) is 0 Å². The van der Waals surface area contributed by atoms with Gasteiger partial charge >= 0.3 is 0 Å². The Kier molecular flexibility index (Phi) is 3.96. The second-order valence-corrected chi connectivity index (χ2v) is 3.24. The molecule has 16 heavy (non-hydrogen) atoms. The highest BCUT2D eigenvalue weighted by Gasteiger charge is 2.05. The summed E-state index contributed by atoms with van der Waals surface area (Å²) >= 11 is 5.47. The number of Topliss-reactive ketones (excluding diaryl/α,β-unsaturated/α-hetero) is 1. The minimum absolute atomic E-state index is 0.0702. The van der Waals surface area contributed by atoms with Crippen LogP contribution in [0.2, 0.25) is 0 Å². The Hall–Kier alpha value is -1.95. The number of anilines is 1. The number of ketones is 1. The standard InChI is InChI=1S/C9H8ClN3O3/c1-6(14)9(10)12-11-7-3-2-4-8(5-7)13(15)16/h2-5,11H,1H3. The molecule has 0 saturated heterocycles. The Labute approximate surface area is 96.1 Å². The Morgan fingerprint density at radius 3 is 2.81 bits per heavy atom. The average molecular weight is 242 g/mol. The lowest BCUT2D eigenvalue weighted by molar-refractivity contribution is -0.384. The van der Waals surface area contributed by atoms with Crippen molar-refractivity contribution in [2.75, 3.05) is 5.43 Å². The molecular formula is C9H8ClN3O3. The fourth-order valence-electron chi connectivity index (χ4n) is 0.881. The fourth-order valence-corrected chi connectivity index (χ4v) is 0.924. The van der Waals surface area contributed by atoms with E-state index < -0.39 is 4.92 Å². The summed E-state index contributed by atoms with van der Waals surface area (Å²) in [7, 11) is 0. The zero-order chi connectivity index (χ0) is 12.1. The monoisotopic (exact) mass is 241 g/mol. The van der Waals surface area contributed by atoms with E-state index in [-0.39, 0.29) is 16.6 Å². The van der Waals surface area contributed by atoms with Crippen molar-refractivity contribution in [3.05, 3.63) is 34.4 Å². The van der Waals surface area contributed by atoms with Crippen molar-refractivity contribution in [1.82, 2.24) is 0 Å². The number of carbonyl (C=O) groups is 1. The molecule has 6 nitrogen and oxygen atoms in total. The van der Waals surface area contributed by atoms with Crippen LogP contribution >= 0.6 is 11.6 Å². The number of nitro benzene ring substituents is 1. The van der Waals surface area contributed by atoms with E-state index in [4.69, 9.17) is 11.6 Å². The van der Waals surface area contributed by atoms with Gasteiger partial charge in [-0.05, 0) is 6.07 Å². The van der Waals surface area contributed by atoms with Gasteiger partial charge in [-0.2, -0.15) is 5.10 Å². The molecule has 0 radical (unpaired) electrons. The van der Waals surface area contributed by atoms with Crippen molar-refractivity contribution in [1.29, 1.82) is 0 Å². The van der Waals surface area contributed by atoms with E-state index >= 15 is 0 Å². The Balaban J connectivity index is 2.82. The van der Waals surface area contributed by atoms with E-state index in [1.54, 1.807) is 6.07 Å². The van der Waals surface area contributed by atoms with Gasteiger partial charge in [-0.25, -0.2) is 0 Å². The van der Waals surface area contributed by atoms with Gasteiger partial charge in [0.2, 0.25) is 0 Å². The van der Waals surface area contributed by atoms with Crippen LogP contribution < -0.4 is 5.43 Å². The molecular weight excluding hydrogens is 234 g/mol. The van der Waals surface area contributed by atoms with Crippen LogP contribution in [0.15, 0.2) is 29.4 Å². The molecule has 0 fully saturated rings. The third-order valence-electron chi connectivity index (χ3n) is 1.63. The number of non-ortho nitro benzene ring substituents is 1. The number of nitrogens with zero attached hydrogens (tertiary/aromatic N) is 2. The van der Waals surface area contributed by atoms with Crippen LogP contribution in [0.3, 0.4) is 0 Å². The van der Waals surface area contributed by atoms with Crippen LogP contribution in [0.1, 0.15) is 6.92 Å². The van der Waals surface area contributed by atoms with Crippen LogP contribution in [0.4, 0.5) is 11.4 Å². The second-order valence-electron chi connectivity index (χ2n) is 2.88. The number of hydrogen-bond acceptors (Lipinski definition) is 5. The first-order valence-electron chi connectivity index (χ1n) is 4.25. The molecule has 0 bridgehead atoms. The maximum Gasteiger partial charge on any atom is 0.271 e. The van der Waals surface area contributed by atoms with Crippen molar-refractivity contribution in [3.8, 4) is 0 Å². The number of nitro groups is 1. The lowest BCUT2D eigenvalue weighted by Crippen LogP contribution is -2.04. The normalized spacial score (nSPS) is 11.0. The zero-order valence-corrected chi connectivity index (χ0v) is 9.06. The Bertz CT molecular complexity index is 459. The lowest BCUT2D eigenvalue weighted by atomic mass is 10.3. The number of nitrogens with one attached hydrogen (secondary N) is 1. The molecule has 0 aliphatic rings. The van der Waals surface area contributed by atoms with Crippen molar-refractivity contribution in [2.24, 2.45) is 5.10 Å². The highest BCUT2D eigenvalue weighted by molar-refractivity contribution is 6.82. The molecule has 1 aromatic carbocycles. The highest BCUT2D eigenvalue weighted by Crippen LogP contribution is 2.16. The van der Waals surface area contributed by atoms with Crippen molar-refractivity contribution in [3.63, 3.8) is 0 Å². The molecule has 0 aromatic heterocycles. The van der Waals surface area contributed by atoms with Crippen LogP contribution in [0.5, 0.6) is 0 Å². The third kappa shape index (κ3) is 3.32. The molecule has 0 heterocycles. The molecule has 0 aliphatic carbocycles. The fraction of sp³-hybridized carbons (Fsp3) is 0.111. The summed E-state index contributed by atoms with van der Waals surface area (Å²) in [5, 5.41) is 13.8. The molecule has 7 heteroatoms. The topological polar surface area (TPSA) is 84.6 Å². The molecule has 0 unspecified atom stereocenters. The number of rotatable bonds is 4. The first kappa shape index (κ1) is 12.1. The van der Waals surface area contributed by atoms with Crippen molar-refractivity contribution in [2.45, 2.75) is 6.92 Å². The number of benzene rings is 1. The Morgan fingerprint density at radius 2 is 2.25 bits per heavy atom. The molecule has 0 atom stereocenters. The minimum atomic E-state index is -0.526. The summed E-state index contributed by atoms with van der Waals surface area (Å²) in [6, 6.07) is 5.70. The first-order valence-corrected chi connectivity index (χ1v) is 4.63. The molecule has 1 aromatic rings. The average Bonchev–Trinajstić information content (AvgIpc) is 2.26. The predicted molar refractivity (Wildman–Crippen MR) is 60.7 cm³/mol. The zero-order valence-electron chi connectivity index (χ0n) is 8.31. The molecule has 1 N–H and O–H groups in total. The molecule has 0 amide bonds. The van der Waals surface area contributed by atoms with Gasteiger partial charge in [0.1, 0.15) is 0 Å². The maximum atomic E-state index is 10.7. The Morgan fingerprint density at radius 1 is 1.56 bits per heavy atom. The van der Waals surface area contributed by atoms with E-state index in [0.717, 1.165) is 0 Å². The third-order valence-corrected chi connectivity index (χ3v) is 1.98. The van der Waals surface area contributed by atoms with Gasteiger partial charge in [-0.3, -0.25) is 20.3 Å². The number of halogens is 1. The quantitative estimate of drug-likeness (QED) is 0.497. The predicted octanol–water partition coefficient (Wildman–Crippen LogP) is 2.15. The van der Waals surface area contributed by atoms with Crippen LogP contribution in [0, 0.1) is 10.1 Å². The van der Waals surface area contributed by atoms with E-state index in [9.17, 15) is 14.9 Å². The van der Waals surface area contributed by atoms with Gasteiger partial charge in [0.15, 0.2) is 11.0 Å². The summed E-state index contributed by atoms with van der Waals surface area (Å²) in [4.78, 5) is 20.7. The van der Waals surface area contributed by atoms with Gasteiger partial charge in [-0.15, -0.1) is 0 Å². The van der Waals surface area contributed by atoms with Crippen LogP contribution in [-0.4, -0.2) is 15.9 Å². The van der Waals surface area contributed by atoms with Gasteiger partial charge < -0.3 is 0 Å². The molecule has 1 rings (SSSR count). The summed E-state index contributed by atoms with van der Waals surface area (Å²) in [6.07, 6.45) is 0. The second kappa shape index (κ2) is 5.22. The smallest absolute Gasteiger partial charge is 0.271 e. The lowest BCUT2D eigenvalue weighted by Gasteiger charge is -1.99. The van der Waals surface area contributed by atoms with E-state index in [1.807, 2.05) is 0 Å². The summed E-state index contributed by atoms with van der Waals surface area (Å²) in [5.41, 5.74) is 2.76. The van der Waals surface area contributed by atoms with Gasteiger partial charge in [-0.1, -0.05) is 17.7 Å². The van der Waals surface area contributed by atoms with Gasteiger partial charge in [0.05, 0.1) is 10.6 Å². The molecule has 0 aliphatic heterocycles. The highest BCUT2D eigenvalue weighted by atomic mass is 35.5.